The van der Waals surface area contributed by atoms with Crippen molar-refractivity contribution in [2.75, 3.05) is 19.6 Å². The van der Waals surface area contributed by atoms with Gasteiger partial charge in [-0.25, -0.2) is 13.2 Å². The predicted molar refractivity (Wildman–Crippen MR) is 87.4 cm³/mol. The largest absolute Gasteiger partial charge is 0.491 e. The van der Waals surface area contributed by atoms with Gasteiger partial charge in [0.05, 0.1) is 17.5 Å². The van der Waals surface area contributed by atoms with Crippen LogP contribution < -0.4 is 10.1 Å². The van der Waals surface area contributed by atoms with Gasteiger partial charge in [0.1, 0.15) is 11.4 Å². The van der Waals surface area contributed by atoms with Crippen LogP contribution in [0.1, 0.15) is 26.7 Å². The molecule has 2 aliphatic heterocycles. The van der Waals surface area contributed by atoms with Crippen molar-refractivity contribution in [2.24, 2.45) is 0 Å². The summed E-state index contributed by atoms with van der Waals surface area (Å²) in [6.45, 7) is 4.95. The topological polar surface area (TPSA) is 84.9 Å². The highest BCUT2D eigenvalue weighted by Crippen LogP contribution is 2.32. The molecule has 3 rings (SSSR count). The first-order valence-corrected chi connectivity index (χ1v) is 9.49. The molecule has 0 unspecified atom stereocenters. The summed E-state index contributed by atoms with van der Waals surface area (Å²) < 4.78 is 37.8. The third kappa shape index (κ3) is 3.34. The summed E-state index contributed by atoms with van der Waals surface area (Å²) in [7, 11) is -3.55. The van der Waals surface area contributed by atoms with Crippen LogP contribution in [0, 0.1) is 0 Å². The fraction of sp³-hybridized carbons (Fsp3) is 0.562. The maximum Gasteiger partial charge on any atom is 0.407 e. The van der Waals surface area contributed by atoms with Gasteiger partial charge in [-0.3, -0.25) is 0 Å². The van der Waals surface area contributed by atoms with Crippen LogP contribution in [0.2, 0.25) is 0 Å². The Hall–Kier alpha value is -1.80. The molecule has 2 fully saturated rings. The van der Waals surface area contributed by atoms with E-state index in [0.29, 0.717) is 38.2 Å². The van der Waals surface area contributed by atoms with Crippen molar-refractivity contribution in [3.63, 3.8) is 0 Å². The van der Waals surface area contributed by atoms with E-state index in [1.54, 1.807) is 24.3 Å². The van der Waals surface area contributed by atoms with Gasteiger partial charge in [0.2, 0.25) is 10.0 Å². The SMILES string of the molecule is CC(C)Oc1ccc(S(=O)(=O)N2CCC3(CC2)CNC(=O)O3)cc1. The number of sulfonamides is 1. The molecular formula is C16H22N2O5S. The van der Waals surface area contributed by atoms with Crippen LogP contribution in [0.4, 0.5) is 4.79 Å². The normalized spacial score (nSPS) is 20.9. The molecule has 0 bridgehead atoms. The quantitative estimate of drug-likeness (QED) is 0.890. The van der Waals surface area contributed by atoms with Crippen molar-refractivity contribution in [3.05, 3.63) is 24.3 Å². The van der Waals surface area contributed by atoms with Crippen LogP contribution in [-0.2, 0) is 14.8 Å². The molecule has 132 valence electrons. The Kier molecular flexibility index (Phi) is 4.44. The van der Waals surface area contributed by atoms with E-state index in [1.807, 2.05) is 13.8 Å². The summed E-state index contributed by atoms with van der Waals surface area (Å²) >= 11 is 0. The van der Waals surface area contributed by atoms with Crippen LogP contribution >= 0.6 is 0 Å². The van der Waals surface area contributed by atoms with Crippen LogP contribution in [0.15, 0.2) is 29.2 Å². The van der Waals surface area contributed by atoms with Gasteiger partial charge in [-0.2, -0.15) is 4.31 Å². The highest BCUT2D eigenvalue weighted by atomic mass is 32.2. The van der Waals surface area contributed by atoms with Gasteiger partial charge in [-0.15, -0.1) is 0 Å². The number of nitrogens with zero attached hydrogens (tertiary/aromatic N) is 1. The smallest absolute Gasteiger partial charge is 0.407 e. The average Bonchev–Trinajstić information content (AvgIpc) is 2.88. The summed E-state index contributed by atoms with van der Waals surface area (Å²) in [5.41, 5.74) is -0.557. The minimum absolute atomic E-state index is 0.0356. The summed E-state index contributed by atoms with van der Waals surface area (Å²) in [5, 5.41) is 2.64. The second kappa shape index (κ2) is 6.25. The van der Waals surface area contributed by atoms with E-state index < -0.39 is 21.7 Å². The molecule has 1 aromatic carbocycles. The lowest BCUT2D eigenvalue weighted by molar-refractivity contribution is 0.0173. The van der Waals surface area contributed by atoms with Crippen LogP contribution in [0.5, 0.6) is 5.75 Å². The van der Waals surface area contributed by atoms with E-state index in [9.17, 15) is 13.2 Å². The minimum Gasteiger partial charge on any atom is -0.491 e. The summed E-state index contributed by atoms with van der Waals surface area (Å²) in [6.07, 6.45) is 0.611. The second-order valence-electron chi connectivity index (χ2n) is 6.47. The van der Waals surface area contributed by atoms with Crippen molar-refractivity contribution in [3.8, 4) is 5.75 Å². The molecule has 2 heterocycles. The van der Waals surface area contributed by atoms with Gasteiger partial charge in [-0.05, 0) is 38.1 Å². The highest BCUT2D eigenvalue weighted by Gasteiger charge is 2.45. The van der Waals surface area contributed by atoms with E-state index >= 15 is 0 Å². The predicted octanol–water partition coefficient (Wildman–Crippen LogP) is 1.74. The first kappa shape index (κ1) is 17.0. The lowest BCUT2D eigenvalue weighted by Crippen LogP contribution is -2.48. The molecule has 0 atom stereocenters. The molecule has 8 heteroatoms. The molecule has 2 saturated heterocycles. The Labute approximate surface area is 142 Å². The zero-order chi connectivity index (χ0) is 17.4. The third-order valence-electron chi connectivity index (χ3n) is 4.33. The average molecular weight is 354 g/mol. The lowest BCUT2D eigenvalue weighted by Gasteiger charge is -2.36. The van der Waals surface area contributed by atoms with E-state index in [1.165, 1.54) is 4.31 Å². The number of nitrogens with one attached hydrogen (secondary N) is 1. The fourth-order valence-corrected chi connectivity index (χ4v) is 4.47. The summed E-state index contributed by atoms with van der Waals surface area (Å²) in [5.74, 6) is 0.644. The monoisotopic (exact) mass is 354 g/mol. The van der Waals surface area contributed by atoms with Gasteiger partial charge >= 0.3 is 6.09 Å². The van der Waals surface area contributed by atoms with Crippen LogP contribution in [-0.4, -0.2) is 50.2 Å². The summed E-state index contributed by atoms with van der Waals surface area (Å²) in [4.78, 5) is 11.5. The maximum absolute atomic E-state index is 12.8. The Morgan fingerprint density at radius 1 is 1.21 bits per heavy atom. The number of amides is 1. The highest BCUT2D eigenvalue weighted by molar-refractivity contribution is 7.89. The zero-order valence-corrected chi connectivity index (χ0v) is 14.6. The molecule has 1 spiro atoms. The number of carbonyl (C=O) groups excluding carboxylic acids is 1. The number of ether oxygens (including phenoxy) is 2. The molecule has 7 nitrogen and oxygen atoms in total. The van der Waals surface area contributed by atoms with Crippen molar-refractivity contribution < 1.29 is 22.7 Å². The number of carbonyl (C=O) groups is 1. The van der Waals surface area contributed by atoms with Crippen LogP contribution in [0.3, 0.4) is 0 Å². The fourth-order valence-electron chi connectivity index (χ4n) is 3.03. The first-order valence-electron chi connectivity index (χ1n) is 8.04. The van der Waals surface area contributed by atoms with E-state index in [-0.39, 0.29) is 11.0 Å². The molecule has 1 N–H and O–H groups in total. The van der Waals surface area contributed by atoms with E-state index in [0.717, 1.165) is 0 Å². The number of hydrogen-bond acceptors (Lipinski definition) is 5. The minimum atomic E-state index is -3.55. The summed E-state index contributed by atoms with van der Waals surface area (Å²) in [6, 6.07) is 6.46. The molecule has 1 amide bonds. The van der Waals surface area contributed by atoms with Gasteiger partial charge in [0.15, 0.2) is 0 Å². The number of alkyl carbamates (subject to hydrolysis) is 1. The van der Waals surface area contributed by atoms with E-state index in [4.69, 9.17) is 9.47 Å². The van der Waals surface area contributed by atoms with Crippen molar-refractivity contribution in [1.29, 1.82) is 0 Å². The van der Waals surface area contributed by atoms with Crippen molar-refractivity contribution in [2.45, 2.75) is 43.3 Å². The Morgan fingerprint density at radius 3 is 2.33 bits per heavy atom. The Bertz CT molecular complexity index is 706. The van der Waals surface area contributed by atoms with Gasteiger partial charge in [0, 0.05) is 25.9 Å². The maximum atomic E-state index is 12.8. The van der Waals surface area contributed by atoms with Crippen molar-refractivity contribution in [1.82, 2.24) is 9.62 Å². The van der Waals surface area contributed by atoms with Gasteiger partial charge in [-0.1, -0.05) is 0 Å². The molecular weight excluding hydrogens is 332 g/mol. The number of hydrogen-bond donors (Lipinski definition) is 1. The molecule has 0 saturated carbocycles. The number of benzene rings is 1. The zero-order valence-electron chi connectivity index (χ0n) is 13.8. The Morgan fingerprint density at radius 2 is 1.83 bits per heavy atom. The molecule has 1 aromatic rings. The van der Waals surface area contributed by atoms with E-state index in [2.05, 4.69) is 5.32 Å². The standard InChI is InChI=1S/C16H22N2O5S/c1-12(2)22-13-3-5-14(6-4-13)24(20,21)18-9-7-16(8-10-18)11-17-15(19)23-16/h3-6,12H,7-11H2,1-2H3,(H,17,19). The molecule has 0 aromatic heterocycles. The third-order valence-corrected chi connectivity index (χ3v) is 6.24. The molecule has 0 radical (unpaired) electrons. The first-order chi connectivity index (χ1) is 11.3. The van der Waals surface area contributed by atoms with Crippen LogP contribution in [0.25, 0.3) is 0 Å². The van der Waals surface area contributed by atoms with Gasteiger partial charge < -0.3 is 14.8 Å². The molecule has 0 aliphatic carbocycles. The number of rotatable bonds is 4. The lowest BCUT2D eigenvalue weighted by atomic mass is 9.93. The van der Waals surface area contributed by atoms with Gasteiger partial charge in [0.25, 0.3) is 0 Å². The molecule has 24 heavy (non-hydrogen) atoms. The molecule has 2 aliphatic rings. The number of piperidine rings is 1. The Balaban J connectivity index is 1.69. The van der Waals surface area contributed by atoms with Crippen molar-refractivity contribution >= 4 is 16.1 Å². The second-order valence-corrected chi connectivity index (χ2v) is 8.41.